The zero-order valence-electron chi connectivity index (χ0n) is 12.3. The molecule has 1 aromatic carbocycles. The van der Waals surface area contributed by atoms with Gasteiger partial charge in [-0.15, -0.1) is 0 Å². The van der Waals surface area contributed by atoms with Gasteiger partial charge >= 0.3 is 0 Å². The molecule has 4 rings (SSSR count). The Morgan fingerprint density at radius 3 is 2.45 bits per heavy atom. The van der Waals surface area contributed by atoms with Crippen molar-refractivity contribution in [1.29, 1.82) is 0 Å². The average molecular weight is 291 g/mol. The second kappa shape index (κ2) is 5.30. The van der Waals surface area contributed by atoms with Crippen LogP contribution in [0.1, 0.15) is 23.2 Å². The van der Waals surface area contributed by atoms with Gasteiger partial charge in [0.05, 0.1) is 11.1 Å². The van der Waals surface area contributed by atoms with E-state index in [4.69, 9.17) is 0 Å². The number of aromatic nitrogens is 2. The predicted molar refractivity (Wildman–Crippen MR) is 85.8 cm³/mol. The summed E-state index contributed by atoms with van der Waals surface area (Å²) in [6.07, 6.45) is 4.07. The van der Waals surface area contributed by atoms with Gasteiger partial charge < -0.3 is 4.90 Å². The molecule has 0 bridgehead atoms. The van der Waals surface area contributed by atoms with E-state index in [2.05, 4.69) is 5.10 Å². The molecule has 0 atom stereocenters. The number of hydrogen-bond donors (Lipinski definition) is 0. The lowest BCUT2D eigenvalue weighted by Crippen LogP contribution is -2.27. The van der Waals surface area contributed by atoms with Gasteiger partial charge in [0.15, 0.2) is 0 Å². The molecule has 1 aliphatic heterocycles. The molecule has 3 aromatic rings. The Hall–Kier alpha value is -2.62. The highest BCUT2D eigenvalue weighted by Gasteiger charge is 2.26. The third-order valence-corrected chi connectivity index (χ3v) is 4.19. The van der Waals surface area contributed by atoms with Crippen LogP contribution in [0.25, 0.3) is 16.8 Å². The predicted octanol–water partition coefficient (Wildman–Crippen LogP) is 3.24. The lowest BCUT2D eigenvalue weighted by molar-refractivity contribution is 0.0795. The summed E-state index contributed by atoms with van der Waals surface area (Å²) in [5.41, 5.74) is 3.34. The minimum atomic E-state index is 0.0950. The lowest BCUT2D eigenvalue weighted by atomic mass is 10.1. The number of amides is 1. The van der Waals surface area contributed by atoms with Gasteiger partial charge in [-0.2, -0.15) is 5.10 Å². The maximum Gasteiger partial charge on any atom is 0.258 e. The first-order valence-corrected chi connectivity index (χ1v) is 7.66. The normalized spacial score (nSPS) is 14.6. The van der Waals surface area contributed by atoms with Gasteiger partial charge in [0.2, 0.25) is 0 Å². The van der Waals surface area contributed by atoms with Crippen molar-refractivity contribution in [2.45, 2.75) is 12.8 Å². The Morgan fingerprint density at radius 1 is 0.955 bits per heavy atom. The van der Waals surface area contributed by atoms with E-state index in [0.717, 1.165) is 42.7 Å². The summed E-state index contributed by atoms with van der Waals surface area (Å²) in [7, 11) is 0. The summed E-state index contributed by atoms with van der Waals surface area (Å²) >= 11 is 0. The van der Waals surface area contributed by atoms with E-state index in [1.807, 2.05) is 59.6 Å². The van der Waals surface area contributed by atoms with Crippen molar-refractivity contribution in [3.05, 3.63) is 60.3 Å². The lowest BCUT2D eigenvalue weighted by Gasteiger charge is -2.15. The topological polar surface area (TPSA) is 37.6 Å². The van der Waals surface area contributed by atoms with E-state index >= 15 is 0 Å². The van der Waals surface area contributed by atoms with Gasteiger partial charge in [-0.1, -0.05) is 36.4 Å². The fourth-order valence-corrected chi connectivity index (χ4v) is 3.09. The Balaban J connectivity index is 1.92. The number of rotatable bonds is 2. The van der Waals surface area contributed by atoms with Crippen LogP contribution in [-0.4, -0.2) is 33.5 Å². The van der Waals surface area contributed by atoms with Crippen molar-refractivity contribution in [3.8, 4) is 11.3 Å². The van der Waals surface area contributed by atoms with Crippen molar-refractivity contribution in [3.63, 3.8) is 0 Å². The maximum atomic E-state index is 13.0. The van der Waals surface area contributed by atoms with Crippen LogP contribution < -0.4 is 0 Å². The first-order valence-electron chi connectivity index (χ1n) is 7.66. The molecule has 4 nitrogen and oxygen atoms in total. The van der Waals surface area contributed by atoms with E-state index in [-0.39, 0.29) is 5.91 Å². The van der Waals surface area contributed by atoms with E-state index < -0.39 is 0 Å². The number of hydrogen-bond acceptors (Lipinski definition) is 2. The molecular weight excluding hydrogens is 274 g/mol. The van der Waals surface area contributed by atoms with Crippen LogP contribution in [0.3, 0.4) is 0 Å². The molecule has 0 unspecified atom stereocenters. The molecule has 1 amide bonds. The molecule has 1 aliphatic rings. The van der Waals surface area contributed by atoms with Crippen LogP contribution in [0.15, 0.2) is 54.7 Å². The van der Waals surface area contributed by atoms with Crippen LogP contribution >= 0.6 is 0 Å². The Kier molecular flexibility index (Phi) is 3.15. The van der Waals surface area contributed by atoms with Gasteiger partial charge in [0.25, 0.3) is 5.91 Å². The van der Waals surface area contributed by atoms with Crippen LogP contribution in [0.4, 0.5) is 0 Å². The highest BCUT2D eigenvalue weighted by molar-refractivity contribution is 6.06. The Bertz CT molecular complexity index is 817. The molecule has 0 N–H and O–H groups in total. The van der Waals surface area contributed by atoms with Crippen molar-refractivity contribution in [2.75, 3.05) is 13.1 Å². The van der Waals surface area contributed by atoms with E-state index in [9.17, 15) is 4.79 Å². The average Bonchev–Trinajstić information content (AvgIpc) is 3.23. The first kappa shape index (κ1) is 13.1. The van der Waals surface area contributed by atoms with Crippen molar-refractivity contribution >= 4 is 11.4 Å². The monoisotopic (exact) mass is 291 g/mol. The standard InChI is InChI=1S/C18H17N3O/c22-18(20-11-6-7-12-20)16-15-10-4-5-13-21(15)19-17(16)14-8-2-1-3-9-14/h1-5,8-10,13H,6-7,11-12H2. The van der Waals surface area contributed by atoms with Crippen LogP contribution in [0, 0.1) is 0 Å². The SMILES string of the molecule is O=C(c1c(-c2ccccc2)nn2ccccc12)N1CCCC1. The number of benzene rings is 1. The summed E-state index contributed by atoms with van der Waals surface area (Å²) in [6.45, 7) is 1.69. The maximum absolute atomic E-state index is 13.0. The van der Waals surface area contributed by atoms with Crippen LogP contribution in [-0.2, 0) is 0 Å². The molecule has 0 spiro atoms. The summed E-state index contributed by atoms with van der Waals surface area (Å²) in [6, 6.07) is 15.8. The zero-order valence-corrected chi connectivity index (χ0v) is 12.3. The van der Waals surface area contributed by atoms with Crippen molar-refractivity contribution in [2.24, 2.45) is 0 Å². The molecule has 4 heteroatoms. The number of fused-ring (bicyclic) bond motifs is 1. The second-order valence-electron chi connectivity index (χ2n) is 5.62. The number of pyridine rings is 1. The third kappa shape index (κ3) is 2.08. The first-order chi connectivity index (χ1) is 10.8. The molecular formula is C18H17N3O. The van der Waals surface area contributed by atoms with Gasteiger partial charge in [0, 0.05) is 24.8 Å². The van der Waals surface area contributed by atoms with E-state index in [1.54, 1.807) is 4.52 Å². The molecule has 1 fully saturated rings. The fourth-order valence-electron chi connectivity index (χ4n) is 3.09. The minimum Gasteiger partial charge on any atom is -0.339 e. The van der Waals surface area contributed by atoms with Gasteiger partial charge in [-0.25, -0.2) is 4.52 Å². The summed E-state index contributed by atoms with van der Waals surface area (Å²) < 4.78 is 1.80. The van der Waals surface area contributed by atoms with Crippen LogP contribution in [0.2, 0.25) is 0 Å². The smallest absolute Gasteiger partial charge is 0.258 e. The molecule has 3 heterocycles. The Morgan fingerprint density at radius 2 is 1.68 bits per heavy atom. The number of nitrogens with zero attached hydrogens (tertiary/aromatic N) is 3. The highest BCUT2D eigenvalue weighted by atomic mass is 16.2. The minimum absolute atomic E-state index is 0.0950. The highest BCUT2D eigenvalue weighted by Crippen LogP contribution is 2.28. The molecule has 2 aromatic heterocycles. The van der Waals surface area contributed by atoms with E-state index in [0.29, 0.717) is 5.56 Å². The van der Waals surface area contributed by atoms with Gasteiger partial charge in [-0.3, -0.25) is 4.79 Å². The van der Waals surface area contributed by atoms with E-state index in [1.165, 1.54) is 0 Å². The second-order valence-corrected chi connectivity index (χ2v) is 5.62. The zero-order chi connectivity index (χ0) is 14.9. The summed E-state index contributed by atoms with van der Waals surface area (Å²) in [5, 5.41) is 4.64. The summed E-state index contributed by atoms with van der Waals surface area (Å²) in [4.78, 5) is 14.9. The Labute approximate surface area is 129 Å². The van der Waals surface area contributed by atoms with Gasteiger partial charge in [0.1, 0.15) is 5.69 Å². The molecule has 1 saturated heterocycles. The molecule has 110 valence electrons. The largest absolute Gasteiger partial charge is 0.339 e. The third-order valence-electron chi connectivity index (χ3n) is 4.19. The van der Waals surface area contributed by atoms with Gasteiger partial charge in [-0.05, 0) is 25.0 Å². The van der Waals surface area contributed by atoms with Crippen LogP contribution in [0.5, 0.6) is 0 Å². The molecule has 0 radical (unpaired) electrons. The number of likely N-dealkylation sites (tertiary alicyclic amines) is 1. The summed E-state index contributed by atoms with van der Waals surface area (Å²) in [5.74, 6) is 0.0950. The fraction of sp³-hybridized carbons (Fsp3) is 0.222. The quantitative estimate of drug-likeness (QED) is 0.727. The number of carbonyl (C=O) groups excluding carboxylic acids is 1. The molecule has 22 heavy (non-hydrogen) atoms. The number of carbonyl (C=O) groups is 1. The van der Waals surface area contributed by atoms with Crippen molar-refractivity contribution in [1.82, 2.24) is 14.5 Å². The molecule has 0 saturated carbocycles. The van der Waals surface area contributed by atoms with Crippen molar-refractivity contribution < 1.29 is 4.79 Å². The molecule has 0 aliphatic carbocycles.